The average molecular weight is 278 g/mol. The van der Waals surface area contributed by atoms with Crippen molar-refractivity contribution in [3.8, 4) is 0 Å². The Bertz CT molecular complexity index is 504. The zero-order valence-corrected chi connectivity index (χ0v) is 11.4. The van der Waals surface area contributed by atoms with Crippen molar-refractivity contribution in [1.29, 1.82) is 0 Å². The number of ether oxygens (including phenoxy) is 1. The SMILES string of the molecule is CCOC(=O)C1CCCCN1c1ccccc1[N+](=O)[O-]. The summed E-state index contributed by atoms with van der Waals surface area (Å²) in [5, 5.41) is 11.1. The van der Waals surface area contributed by atoms with Crippen LogP contribution in [0.15, 0.2) is 24.3 Å². The van der Waals surface area contributed by atoms with Gasteiger partial charge >= 0.3 is 5.97 Å². The number of esters is 1. The van der Waals surface area contributed by atoms with Crippen LogP contribution in [-0.4, -0.2) is 30.1 Å². The molecule has 1 unspecified atom stereocenters. The van der Waals surface area contributed by atoms with Crippen molar-refractivity contribution in [1.82, 2.24) is 0 Å². The minimum atomic E-state index is -0.426. The minimum Gasteiger partial charge on any atom is -0.464 e. The summed E-state index contributed by atoms with van der Waals surface area (Å²) in [5.41, 5.74) is 0.527. The summed E-state index contributed by atoms with van der Waals surface area (Å²) >= 11 is 0. The van der Waals surface area contributed by atoms with Crippen LogP contribution in [0.25, 0.3) is 0 Å². The van der Waals surface area contributed by atoms with Crippen molar-refractivity contribution in [3.05, 3.63) is 34.4 Å². The smallest absolute Gasteiger partial charge is 0.328 e. The Hall–Kier alpha value is -2.11. The molecule has 1 aromatic rings. The lowest BCUT2D eigenvalue weighted by Gasteiger charge is -2.35. The van der Waals surface area contributed by atoms with Crippen molar-refractivity contribution in [2.75, 3.05) is 18.1 Å². The Morgan fingerprint density at radius 1 is 1.45 bits per heavy atom. The van der Waals surface area contributed by atoms with Crippen LogP contribution < -0.4 is 4.90 Å². The number of hydrogen-bond donors (Lipinski definition) is 0. The van der Waals surface area contributed by atoms with E-state index in [0.717, 1.165) is 12.8 Å². The molecule has 6 heteroatoms. The number of nitro benzene ring substituents is 1. The van der Waals surface area contributed by atoms with Crippen LogP contribution in [0.5, 0.6) is 0 Å². The summed E-state index contributed by atoms with van der Waals surface area (Å²) in [6.07, 6.45) is 2.52. The second-order valence-electron chi connectivity index (χ2n) is 4.70. The molecule has 1 aliphatic rings. The van der Waals surface area contributed by atoms with Crippen LogP contribution in [0.3, 0.4) is 0 Å². The van der Waals surface area contributed by atoms with Crippen LogP contribution in [0, 0.1) is 10.1 Å². The lowest BCUT2D eigenvalue weighted by molar-refractivity contribution is -0.384. The van der Waals surface area contributed by atoms with Gasteiger partial charge in [0, 0.05) is 12.6 Å². The summed E-state index contributed by atoms with van der Waals surface area (Å²) in [4.78, 5) is 24.6. The molecule has 0 bridgehead atoms. The first-order valence-electron chi connectivity index (χ1n) is 6.82. The summed E-state index contributed by atoms with van der Waals surface area (Å²) in [5.74, 6) is -0.301. The van der Waals surface area contributed by atoms with Crippen molar-refractivity contribution >= 4 is 17.3 Å². The summed E-state index contributed by atoms with van der Waals surface area (Å²) in [6, 6.07) is 6.11. The molecule has 2 rings (SSSR count). The molecule has 1 aliphatic heterocycles. The van der Waals surface area contributed by atoms with Gasteiger partial charge in [0.2, 0.25) is 0 Å². The van der Waals surface area contributed by atoms with Gasteiger partial charge in [0.25, 0.3) is 5.69 Å². The molecule has 0 spiro atoms. The van der Waals surface area contributed by atoms with E-state index in [1.165, 1.54) is 6.07 Å². The number of carbonyl (C=O) groups is 1. The Kier molecular flexibility index (Phi) is 4.55. The molecule has 1 fully saturated rings. The number of anilines is 1. The number of nitrogens with zero attached hydrogens (tertiary/aromatic N) is 2. The lowest BCUT2D eigenvalue weighted by atomic mass is 10.0. The second kappa shape index (κ2) is 6.36. The third-order valence-electron chi connectivity index (χ3n) is 3.45. The summed E-state index contributed by atoms with van der Waals surface area (Å²) < 4.78 is 5.08. The van der Waals surface area contributed by atoms with E-state index in [0.29, 0.717) is 25.3 Å². The highest BCUT2D eigenvalue weighted by Crippen LogP contribution is 2.32. The fourth-order valence-electron chi connectivity index (χ4n) is 2.56. The molecule has 0 aromatic heterocycles. The van der Waals surface area contributed by atoms with Gasteiger partial charge in [0.15, 0.2) is 0 Å². The maximum absolute atomic E-state index is 12.0. The van der Waals surface area contributed by atoms with Crippen LogP contribution >= 0.6 is 0 Å². The molecule has 1 saturated heterocycles. The number of benzene rings is 1. The molecule has 1 heterocycles. The number of hydrogen-bond acceptors (Lipinski definition) is 5. The van der Waals surface area contributed by atoms with Crippen LogP contribution in [-0.2, 0) is 9.53 Å². The number of nitro groups is 1. The van der Waals surface area contributed by atoms with Gasteiger partial charge in [-0.15, -0.1) is 0 Å². The predicted molar refractivity (Wildman–Crippen MR) is 74.7 cm³/mol. The first-order valence-corrected chi connectivity index (χ1v) is 6.82. The maximum atomic E-state index is 12.0. The standard InChI is InChI=1S/C14H18N2O4/c1-2-20-14(17)13-9-5-6-10-15(13)11-7-3-4-8-12(11)16(18)19/h3-4,7-8,13H,2,5-6,9-10H2,1H3. The topological polar surface area (TPSA) is 72.7 Å². The first-order chi connectivity index (χ1) is 9.65. The molecule has 0 aliphatic carbocycles. The molecular formula is C14H18N2O4. The highest BCUT2D eigenvalue weighted by Gasteiger charge is 2.33. The Labute approximate surface area is 117 Å². The molecule has 0 N–H and O–H groups in total. The molecule has 0 saturated carbocycles. The van der Waals surface area contributed by atoms with Crippen LogP contribution in [0.1, 0.15) is 26.2 Å². The van der Waals surface area contributed by atoms with Gasteiger partial charge in [0.1, 0.15) is 11.7 Å². The van der Waals surface area contributed by atoms with E-state index in [2.05, 4.69) is 0 Å². The van der Waals surface area contributed by atoms with Crippen molar-refractivity contribution in [3.63, 3.8) is 0 Å². The van der Waals surface area contributed by atoms with Crippen LogP contribution in [0.2, 0.25) is 0 Å². The fraction of sp³-hybridized carbons (Fsp3) is 0.500. The molecule has 1 atom stereocenters. The van der Waals surface area contributed by atoms with Crippen molar-refractivity contribution in [2.24, 2.45) is 0 Å². The van der Waals surface area contributed by atoms with Gasteiger partial charge in [0.05, 0.1) is 11.5 Å². The Morgan fingerprint density at radius 2 is 2.20 bits per heavy atom. The van der Waals surface area contributed by atoms with Gasteiger partial charge < -0.3 is 9.64 Å². The third-order valence-corrected chi connectivity index (χ3v) is 3.45. The first kappa shape index (κ1) is 14.3. The highest BCUT2D eigenvalue weighted by molar-refractivity contribution is 5.82. The van der Waals surface area contributed by atoms with E-state index < -0.39 is 11.0 Å². The number of carbonyl (C=O) groups excluding carboxylic acids is 1. The third kappa shape index (κ3) is 2.89. The van der Waals surface area contributed by atoms with Gasteiger partial charge in [-0.2, -0.15) is 0 Å². The van der Waals surface area contributed by atoms with Crippen LogP contribution in [0.4, 0.5) is 11.4 Å². The van der Waals surface area contributed by atoms with Crippen molar-refractivity contribution < 1.29 is 14.5 Å². The maximum Gasteiger partial charge on any atom is 0.328 e. The minimum absolute atomic E-state index is 0.0312. The van der Waals surface area contributed by atoms with E-state index in [4.69, 9.17) is 4.74 Å². The molecule has 6 nitrogen and oxygen atoms in total. The monoisotopic (exact) mass is 278 g/mol. The van der Waals surface area contributed by atoms with E-state index in [9.17, 15) is 14.9 Å². The number of piperidine rings is 1. The zero-order valence-electron chi connectivity index (χ0n) is 11.4. The van der Waals surface area contributed by atoms with E-state index >= 15 is 0 Å². The number of para-hydroxylation sites is 2. The number of rotatable bonds is 4. The molecule has 108 valence electrons. The normalized spacial score (nSPS) is 18.6. The highest BCUT2D eigenvalue weighted by atomic mass is 16.6. The molecule has 1 aromatic carbocycles. The largest absolute Gasteiger partial charge is 0.464 e. The molecule has 0 radical (unpaired) electrons. The van der Waals surface area contributed by atoms with Gasteiger partial charge in [-0.1, -0.05) is 12.1 Å². The second-order valence-corrected chi connectivity index (χ2v) is 4.70. The van der Waals surface area contributed by atoms with E-state index in [-0.39, 0.29) is 11.7 Å². The fourth-order valence-corrected chi connectivity index (χ4v) is 2.56. The van der Waals surface area contributed by atoms with Crippen molar-refractivity contribution in [2.45, 2.75) is 32.2 Å². The zero-order chi connectivity index (χ0) is 14.5. The lowest BCUT2D eigenvalue weighted by Crippen LogP contribution is -2.45. The molecular weight excluding hydrogens is 260 g/mol. The van der Waals surface area contributed by atoms with Gasteiger partial charge in [-0.3, -0.25) is 10.1 Å². The van der Waals surface area contributed by atoms with Gasteiger partial charge in [-0.05, 0) is 32.3 Å². The molecule has 0 amide bonds. The average Bonchev–Trinajstić information content (AvgIpc) is 2.47. The predicted octanol–water partition coefficient (Wildman–Crippen LogP) is 2.52. The quantitative estimate of drug-likeness (QED) is 0.480. The Balaban J connectivity index is 2.33. The summed E-state index contributed by atoms with van der Waals surface area (Å²) in [6.45, 7) is 2.71. The van der Waals surface area contributed by atoms with Gasteiger partial charge in [-0.25, -0.2) is 4.79 Å². The van der Waals surface area contributed by atoms with E-state index in [1.807, 2.05) is 0 Å². The Morgan fingerprint density at radius 3 is 2.90 bits per heavy atom. The molecule has 20 heavy (non-hydrogen) atoms. The van der Waals surface area contributed by atoms with E-state index in [1.54, 1.807) is 30.0 Å². The summed E-state index contributed by atoms with van der Waals surface area (Å²) in [7, 11) is 0.